The smallest absolute Gasteiger partial charge is 0.116 e. The zero-order valence-corrected chi connectivity index (χ0v) is 7.83. The SMILES string of the molecule is CCCC(=Nc1ccccc1)NN. The Hall–Kier alpha value is -1.35. The van der Waals surface area contributed by atoms with Gasteiger partial charge in [0.2, 0.25) is 0 Å². The van der Waals surface area contributed by atoms with Crippen molar-refractivity contribution in [3.05, 3.63) is 30.3 Å². The summed E-state index contributed by atoms with van der Waals surface area (Å²) in [6, 6.07) is 9.78. The van der Waals surface area contributed by atoms with Gasteiger partial charge in [-0.15, -0.1) is 0 Å². The van der Waals surface area contributed by atoms with Gasteiger partial charge in [-0.25, -0.2) is 10.8 Å². The van der Waals surface area contributed by atoms with Gasteiger partial charge in [0, 0.05) is 6.42 Å². The summed E-state index contributed by atoms with van der Waals surface area (Å²) in [4.78, 5) is 4.35. The maximum Gasteiger partial charge on any atom is 0.116 e. The van der Waals surface area contributed by atoms with E-state index in [-0.39, 0.29) is 0 Å². The van der Waals surface area contributed by atoms with Crippen LogP contribution in [0.1, 0.15) is 19.8 Å². The second-order valence-electron chi connectivity index (χ2n) is 2.79. The maximum atomic E-state index is 5.33. The van der Waals surface area contributed by atoms with Crippen molar-refractivity contribution in [1.82, 2.24) is 5.43 Å². The second-order valence-corrected chi connectivity index (χ2v) is 2.79. The van der Waals surface area contributed by atoms with Gasteiger partial charge in [0.15, 0.2) is 0 Å². The zero-order valence-electron chi connectivity index (χ0n) is 7.83. The first kappa shape index (κ1) is 9.74. The molecule has 70 valence electrons. The van der Waals surface area contributed by atoms with Gasteiger partial charge in [-0.2, -0.15) is 0 Å². The molecule has 13 heavy (non-hydrogen) atoms. The van der Waals surface area contributed by atoms with Crippen LogP contribution >= 0.6 is 0 Å². The number of nitrogens with two attached hydrogens (primary N) is 1. The third-order valence-corrected chi connectivity index (χ3v) is 1.67. The molecular formula is C10H15N3. The van der Waals surface area contributed by atoms with Crippen LogP contribution in [0.3, 0.4) is 0 Å². The molecule has 3 heteroatoms. The van der Waals surface area contributed by atoms with Crippen LogP contribution in [0.4, 0.5) is 5.69 Å². The van der Waals surface area contributed by atoms with Crippen LogP contribution in [0.5, 0.6) is 0 Å². The van der Waals surface area contributed by atoms with E-state index in [4.69, 9.17) is 5.84 Å². The van der Waals surface area contributed by atoms with E-state index in [1.807, 2.05) is 30.3 Å². The molecule has 0 saturated carbocycles. The summed E-state index contributed by atoms with van der Waals surface area (Å²) >= 11 is 0. The number of nitrogens with zero attached hydrogens (tertiary/aromatic N) is 1. The number of aliphatic imine (C=N–C) groups is 1. The van der Waals surface area contributed by atoms with Crippen molar-refractivity contribution in [3.8, 4) is 0 Å². The van der Waals surface area contributed by atoms with E-state index in [1.54, 1.807) is 0 Å². The molecule has 3 N–H and O–H groups in total. The topological polar surface area (TPSA) is 50.4 Å². The number of benzene rings is 1. The fourth-order valence-corrected chi connectivity index (χ4v) is 1.06. The van der Waals surface area contributed by atoms with Gasteiger partial charge in [-0.05, 0) is 18.6 Å². The predicted molar refractivity (Wildman–Crippen MR) is 55.8 cm³/mol. The molecular weight excluding hydrogens is 162 g/mol. The first-order valence-corrected chi connectivity index (χ1v) is 4.46. The minimum atomic E-state index is 0.828. The predicted octanol–water partition coefficient (Wildman–Crippen LogP) is 1.98. The molecule has 0 unspecified atom stereocenters. The Morgan fingerprint density at radius 3 is 2.62 bits per heavy atom. The number of hydrogen-bond acceptors (Lipinski definition) is 2. The number of hydrogen-bond donors (Lipinski definition) is 2. The average Bonchev–Trinajstić information content (AvgIpc) is 2.19. The summed E-state index contributed by atoms with van der Waals surface area (Å²) in [5.74, 6) is 6.15. The molecule has 0 spiro atoms. The largest absolute Gasteiger partial charge is 0.312 e. The fourth-order valence-electron chi connectivity index (χ4n) is 1.06. The van der Waals surface area contributed by atoms with E-state index < -0.39 is 0 Å². The summed E-state index contributed by atoms with van der Waals surface area (Å²) in [7, 11) is 0. The summed E-state index contributed by atoms with van der Waals surface area (Å²) in [6.07, 6.45) is 1.92. The molecule has 0 aliphatic carbocycles. The molecule has 0 fully saturated rings. The lowest BCUT2D eigenvalue weighted by Gasteiger charge is -2.02. The number of nitrogens with one attached hydrogen (secondary N) is 1. The third-order valence-electron chi connectivity index (χ3n) is 1.67. The summed E-state index contributed by atoms with van der Waals surface area (Å²) in [6.45, 7) is 2.10. The monoisotopic (exact) mass is 177 g/mol. The normalized spacial score (nSPS) is 11.4. The Morgan fingerprint density at radius 2 is 2.08 bits per heavy atom. The molecule has 0 heterocycles. The molecule has 1 rings (SSSR count). The lowest BCUT2D eigenvalue weighted by Crippen LogP contribution is -2.29. The lowest BCUT2D eigenvalue weighted by atomic mass is 10.3. The minimum Gasteiger partial charge on any atom is -0.312 e. The Kier molecular flexibility index (Phi) is 3.99. The van der Waals surface area contributed by atoms with Crippen LogP contribution in [-0.2, 0) is 0 Å². The summed E-state index contributed by atoms with van der Waals surface area (Å²) in [5.41, 5.74) is 3.54. The van der Waals surface area contributed by atoms with Gasteiger partial charge < -0.3 is 5.43 Å². The lowest BCUT2D eigenvalue weighted by molar-refractivity contribution is 0.907. The zero-order chi connectivity index (χ0) is 9.52. The van der Waals surface area contributed by atoms with Gasteiger partial charge in [-0.3, -0.25) is 0 Å². The Balaban J connectivity index is 2.73. The van der Waals surface area contributed by atoms with Crippen molar-refractivity contribution >= 4 is 11.5 Å². The second kappa shape index (κ2) is 5.32. The number of rotatable bonds is 3. The van der Waals surface area contributed by atoms with Crippen molar-refractivity contribution in [3.63, 3.8) is 0 Å². The first-order chi connectivity index (χ1) is 6.36. The van der Waals surface area contributed by atoms with E-state index in [0.29, 0.717) is 0 Å². The van der Waals surface area contributed by atoms with Crippen molar-refractivity contribution in [2.75, 3.05) is 0 Å². The molecule has 1 aromatic carbocycles. The van der Waals surface area contributed by atoms with E-state index >= 15 is 0 Å². The van der Waals surface area contributed by atoms with Crippen molar-refractivity contribution < 1.29 is 0 Å². The van der Waals surface area contributed by atoms with E-state index in [0.717, 1.165) is 24.4 Å². The Labute approximate surface area is 78.6 Å². The number of hydrazine groups is 1. The molecule has 0 atom stereocenters. The fraction of sp³-hybridized carbons (Fsp3) is 0.300. The highest BCUT2D eigenvalue weighted by Gasteiger charge is 1.94. The molecule has 0 bridgehead atoms. The van der Waals surface area contributed by atoms with Gasteiger partial charge in [0.05, 0.1) is 5.69 Å². The van der Waals surface area contributed by atoms with E-state index in [2.05, 4.69) is 17.3 Å². The van der Waals surface area contributed by atoms with Crippen LogP contribution < -0.4 is 11.3 Å². The molecule has 0 radical (unpaired) electrons. The van der Waals surface area contributed by atoms with E-state index in [9.17, 15) is 0 Å². The highest BCUT2D eigenvalue weighted by molar-refractivity contribution is 5.84. The molecule has 3 nitrogen and oxygen atoms in total. The van der Waals surface area contributed by atoms with Gasteiger partial charge in [0.25, 0.3) is 0 Å². The highest BCUT2D eigenvalue weighted by Crippen LogP contribution is 2.10. The van der Waals surface area contributed by atoms with Crippen LogP contribution in [0.2, 0.25) is 0 Å². The van der Waals surface area contributed by atoms with Crippen molar-refractivity contribution in [2.45, 2.75) is 19.8 Å². The van der Waals surface area contributed by atoms with Crippen molar-refractivity contribution in [1.29, 1.82) is 0 Å². The minimum absolute atomic E-state index is 0.828. The molecule has 1 aromatic rings. The van der Waals surface area contributed by atoms with Crippen LogP contribution in [-0.4, -0.2) is 5.84 Å². The molecule has 0 amide bonds. The van der Waals surface area contributed by atoms with Gasteiger partial charge in [0.1, 0.15) is 5.84 Å². The van der Waals surface area contributed by atoms with Gasteiger partial charge in [-0.1, -0.05) is 25.1 Å². The molecule has 0 aromatic heterocycles. The average molecular weight is 177 g/mol. The molecule has 0 saturated heterocycles. The van der Waals surface area contributed by atoms with Crippen LogP contribution in [0.25, 0.3) is 0 Å². The quantitative estimate of drug-likeness (QED) is 0.321. The highest BCUT2D eigenvalue weighted by atomic mass is 15.2. The Morgan fingerprint density at radius 1 is 1.38 bits per heavy atom. The number of para-hydroxylation sites is 1. The standard InChI is InChI=1S/C10H15N3/c1-2-6-10(13-11)12-9-7-4-3-5-8-9/h3-5,7-8H,2,6,11H2,1H3,(H,12,13). The molecule has 0 aliphatic heterocycles. The van der Waals surface area contributed by atoms with Crippen LogP contribution in [0.15, 0.2) is 35.3 Å². The Bertz CT molecular complexity index is 267. The number of amidine groups is 1. The van der Waals surface area contributed by atoms with Gasteiger partial charge >= 0.3 is 0 Å². The van der Waals surface area contributed by atoms with Crippen LogP contribution in [0, 0.1) is 0 Å². The molecule has 0 aliphatic rings. The van der Waals surface area contributed by atoms with Crippen molar-refractivity contribution in [2.24, 2.45) is 10.8 Å². The van der Waals surface area contributed by atoms with E-state index in [1.165, 1.54) is 0 Å². The summed E-state index contributed by atoms with van der Waals surface area (Å²) in [5, 5.41) is 0. The first-order valence-electron chi connectivity index (χ1n) is 4.46. The summed E-state index contributed by atoms with van der Waals surface area (Å²) < 4.78 is 0. The third kappa shape index (κ3) is 3.25. The maximum absolute atomic E-state index is 5.33.